The average molecular weight is 277 g/mol. The number of nitrogens with two attached hydrogens (primary N) is 1. The fourth-order valence-corrected chi connectivity index (χ4v) is 2.62. The fourth-order valence-electron chi connectivity index (χ4n) is 2.62. The zero-order valence-electron chi connectivity index (χ0n) is 12.1. The van der Waals surface area contributed by atoms with Gasteiger partial charge in [0.05, 0.1) is 0 Å². The minimum absolute atomic E-state index is 0.00216. The molecular weight excluding hydrogens is 258 g/mol. The van der Waals surface area contributed by atoms with Crippen LogP contribution in [0.2, 0.25) is 0 Å². The third-order valence-corrected chi connectivity index (χ3v) is 3.77. The fraction of sp³-hybridized carbons (Fsp3) is 0.158. The number of rotatable bonds is 4. The predicted molar refractivity (Wildman–Crippen MR) is 87.3 cm³/mol. The van der Waals surface area contributed by atoms with E-state index >= 15 is 0 Å². The van der Waals surface area contributed by atoms with Crippen molar-refractivity contribution in [1.29, 1.82) is 0 Å². The molecule has 1 atom stereocenters. The van der Waals surface area contributed by atoms with Crippen LogP contribution in [0.15, 0.2) is 66.7 Å². The van der Waals surface area contributed by atoms with Crippen LogP contribution in [0.3, 0.4) is 0 Å². The molecule has 1 unspecified atom stereocenters. The van der Waals surface area contributed by atoms with Crippen molar-refractivity contribution in [2.45, 2.75) is 19.6 Å². The molecule has 0 aliphatic rings. The summed E-state index contributed by atoms with van der Waals surface area (Å²) < 4.78 is 6.15. The maximum absolute atomic E-state index is 6.15. The lowest BCUT2D eigenvalue weighted by Crippen LogP contribution is -2.07. The van der Waals surface area contributed by atoms with Gasteiger partial charge in [-0.25, -0.2) is 0 Å². The molecule has 2 N–H and O–H groups in total. The van der Waals surface area contributed by atoms with Gasteiger partial charge in [0.15, 0.2) is 0 Å². The van der Waals surface area contributed by atoms with Gasteiger partial charge in [0.2, 0.25) is 0 Å². The van der Waals surface area contributed by atoms with Crippen LogP contribution in [0.25, 0.3) is 10.8 Å². The largest absolute Gasteiger partial charge is 0.486 e. The third kappa shape index (κ3) is 2.76. The summed E-state index contributed by atoms with van der Waals surface area (Å²) in [5.74, 6) is 0.868. The van der Waals surface area contributed by atoms with Crippen LogP contribution in [0.1, 0.15) is 24.2 Å². The van der Waals surface area contributed by atoms with Crippen LogP contribution >= 0.6 is 0 Å². The molecule has 3 rings (SSSR count). The Labute approximate surface area is 125 Å². The Morgan fingerprint density at radius 2 is 1.62 bits per heavy atom. The molecule has 0 saturated heterocycles. The molecule has 0 spiro atoms. The Morgan fingerprint density at radius 1 is 0.905 bits per heavy atom. The standard InChI is InChI=1S/C19H19NO/c1-14(15-7-3-2-4-8-15)21-19-12-11-16-9-5-6-10-17(16)18(19)13-20/h2-12,14H,13,20H2,1H3. The molecule has 106 valence electrons. The summed E-state index contributed by atoms with van der Waals surface area (Å²) in [7, 11) is 0. The van der Waals surface area contributed by atoms with Crippen molar-refractivity contribution in [2.24, 2.45) is 5.73 Å². The third-order valence-electron chi connectivity index (χ3n) is 3.77. The predicted octanol–water partition coefficient (Wildman–Crippen LogP) is 4.44. The van der Waals surface area contributed by atoms with Gasteiger partial charge in [0.25, 0.3) is 0 Å². The Bertz CT molecular complexity index is 737. The first-order chi connectivity index (χ1) is 10.3. The quantitative estimate of drug-likeness (QED) is 0.765. The van der Waals surface area contributed by atoms with E-state index in [1.54, 1.807) is 0 Å². The van der Waals surface area contributed by atoms with Crippen molar-refractivity contribution < 1.29 is 4.74 Å². The van der Waals surface area contributed by atoms with Gasteiger partial charge in [-0.2, -0.15) is 0 Å². The number of hydrogen-bond acceptors (Lipinski definition) is 2. The van der Waals surface area contributed by atoms with E-state index in [0.29, 0.717) is 6.54 Å². The second-order valence-corrected chi connectivity index (χ2v) is 5.14. The van der Waals surface area contributed by atoms with E-state index in [2.05, 4.69) is 37.3 Å². The van der Waals surface area contributed by atoms with Gasteiger partial charge < -0.3 is 10.5 Å². The lowest BCUT2D eigenvalue weighted by atomic mass is 10.0. The van der Waals surface area contributed by atoms with E-state index in [-0.39, 0.29) is 6.10 Å². The van der Waals surface area contributed by atoms with Crippen molar-refractivity contribution in [3.8, 4) is 5.75 Å². The Balaban J connectivity index is 1.97. The van der Waals surface area contributed by atoms with Crippen LogP contribution in [-0.4, -0.2) is 0 Å². The number of benzene rings is 3. The van der Waals surface area contributed by atoms with Crippen molar-refractivity contribution in [2.75, 3.05) is 0 Å². The molecule has 0 saturated carbocycles. The first-order valence-electron chi connectivity index (χ1n) is 7.22. The molecule has 0 heterocycles. The summed E-state index contributed by atoms with van der Waals surface area (Å²) in [6.07, 6.45) is -0.00216. The topological polar surface area (TPSA) is 35.2 Å². The van der Waals surface area contributed by atoms with E-state index in [1.807, 2.05) is 36.4 Å². The molecule has 0 radical (unpaired) electrons. The minimum Gasteiger partial charge on any atom is -0.486 e. The molecule has 21 heavy (non-hydrogen) atoms. The molecule has 0 aliphatic carbocycles. The van der Waals surface area contributed by atoms with Gasteiger partial charge in [-0.1, -0.05) is 60.7 Å². The van der Waals surface area contributed by atoms with E-state index < -0.39 is 0 Å². The Hall–Kier alpha value is -2.32. The monoisotopic (exact) mass is 277 g/mol. The van der Waals surface area contributed by atoms with Crippen LogP contribution in [0, 0.1) is 0 Å². The minimum atomic E-state index is -0.00216. The molecule has 2 heteroatoms. The molecule has 0 fully saturated rings. The molecule has 0 aliphatic heterocycles. The molecule has 3 aromatic rings. The number of hydrogen-bond donors (Lipinski definition) is 1. The van der Waals surface area contributed by atoms with Gasteiger partial charge in [-0.3, -0.25) is 0 Å². The first-order valence-corrected chi connectivity index (χ1v) is 7.22. The molecular formula is C19H19NO. The van der Waals surface area contributed by atoms with Crippen LogP contribution < -0.4 is 10.5 Å². The SMILES string of the molecule is CC(Oc1ccc2ccccc2c1CN)c1ccccc1. The van der Waals surface area contributed by atoms with Crippen LogP contribution in [-0.2, 0) is 6.54 Å². The molecule has 0 bridgehead atoms. The summed E-state index contributed by atoms with van der Waals surface area (Å²) in [6.45, 7) is 2.53. The van der Waals surface area contributed by atoms with Gasteiger partial charge in [0, 0.05) is 12.1 Å². The highest BCUT2D eigenvalue weighted by Gasteiger charge is 2.12. The van der Waals surface area contributed by atoms with Crippen molar-refractivity contribution >= 4 is 10.8 Å². The van der Waals surface area contributed by atoms with E-state index in [0.717, 1.165) is 22.3 Å². The summed E-state index contributed by atoms with van der Waals surface area (Å²) >= 11 is 0. The van der Waals surface area contributed by atoms with Gasteiger partial charge >= 0.3 is 0 Å². The molecule has 0 amide bonds. The van der Waals surface area contributed by atoms with Crippen molar-refractivity contribution in [3.63, 3.8) is 0 Å². The van der Waals surface area contributed by atoms with Crippen LogP contribution in [0.4, 0.5) is 0 Å². The normalized spacial score (nSPS) is 12.3. The van der Waals surface area contributed by atoms with E-state index in [1.165, 1.54) is 5.39 Å². The summed E-state index contributed by atoms with van der Waals surface area (Å²) in [5.41, 5.74) is 8.18. The van der Waals surface area contributed by atoms with Crippen LogP contribution in [0.5, 0.6) is 5.75 Å². The Kier molecular flexibility index (Phi) is 3.89. The lowest BCUT2D eigenvalue weighted by Gasteiger charge is -2.18. The molecule has 2 nitrogen and oxygen atoms in total. The Morgan fingerprint density at radius 3 is 2.38 bits per heavy atom. The first kappa shape index (κ1) is 13.7. The highest BCUT2D eigenvalue weighted by atomic mass is 16.5. The van der Waals surface area contributed by atoms with Gasteiger partial charge in [-0.05, 0) is 29.3 Å². The highest BCUT2D eigenvalue weighted by molar-refractivity contribution is 5.87. The highest BCUT2D eigenvalue weighted by Crippen LogP contribution is 2.31. The van der Waals surface area contributed by atoms with Gasteiger partial charge in [-0.15, -0.1) is 0 Å². The van der Waals surface area contributed by atoms with E-state index in [9.17, 15) is 0 Å². The van der Waals surface area contributed by atoms with Crippen molar-refractivity contribution in [3.05, 3.63) is 77.9 Å². The second-order valence-electron chi connectivity index (χ2n) is 5.14. The lowest BCUT2D eigenvalue weighted by molar-refractivity contribution is 0.225. The van der Waals surface area contributed by atoms with Gasteiger partial charge in [0.1, 0.15) is 11.9 Å². The number of fused-ring (bicyclic) bond motifs is 1. The average Bonchev–Trinajstić information content (AvgIpc) is 2.55. The number of ether oxygens (including phenoxy) is 1. The molecule has 3 aromatic carbocycles. The molecule has 0 aromatic heterocycles. The maximum atomic E-state index is 6.15. The summed E-state index contributed by atoms with van der Waals surface area (Å²) in [5, 5.41) is 2.36. The summed E-state index contributed by atoms with van der Waals surface area (Å²) in [6, 6.07) is 22.6. The second kappa shape index (κ2) is 5.98. The van der Waals surface area contributed by atoms with E-state index in [4.69, 9.17) is 10.5 Å². The zero-order chi connectivity index (χ0) is 14.7. The summed E-state index contributed by atoms with van der Waals surface area (Å²) in [4.78, 5) is 0. The zero-order valence-corrected chi connectivity index (χ0v) is 12.1. The maximum Gasteiger partial charge on any atom is 0.125 e. The smallest absolute Gasteiger partial charge is 0.125 e. The van der Waals surface area contributed by atoms with Crippen molar-refractivity contribution in [1.82, 2.24) is 0 Å².